The van der Waals surface area contributed by atoms with Gasteiger partial charge in [-0.25, -0.2) is 4.79 Å². The molecule has 0 bridgehead atoms. The quantitative estimate of drug-likeness (QED) is 0.860. The number of methoxy groups -OCH3 is 2. The van der Waals surface area contributed by atoms with Crippen molar-refractivity contribution in [2.75, 3.05) is 20.0 Å². The number of ether oxygens (including phenoxy) is 2. The number of nitrogen functional groups attached to an aromatic ring is 1. The van der Waals surface area contributed by atoms with Gasteiger partial charge < -0.3 is 15.2 Å². The summed E-state index contributed by atoms with van der Waals surface area (Å²) < 4.78 is 14.0. The van der Waals surface area contributed by atoms with Crippen LogP contribution in [0.4, 0.5) is 5.69 Å². The Labute approximate surface area is 108 Å². The third-order valence-electron chi connectivity index (χ3n) is 2.44. The van der Waals surface area contributed by atoms with E-state index in [9.17, 15) is 4.79 Å². The fourth-order valence-electron chi connectivity index (χ4n) is 1.52. The van der Waals surface area contributed by atoms with Gasteiger partial charge in [-0.2, -0.15) is 4.37 Å². The number of esters is 1. The van der Waals surface area contributed by atoms with Crippen molar-refractivity contribution in [1.29, 1.82) is 0 Å². The van der Waals surface area contributed by atoms with Gasteiger partial charge in [-0.3, -0.25) is 0 Å². The van der Waals surface area contributed by atoms with Crippen molar-refractivity contribution in [2.24, 2.45) is 0 Å². The number of benzene rings is 1. The minimum atomic E-state index is -0.473. The zero-order valence-corrected chi connectivity index (χ0v) is 10.8. The van der Waals surface area contributed by atoms with E-state index in [4.69, 9.17) is 10.5 Å². The Kier molecular flexibility index (Phi) is 3.47. The predicted molar refractivity (Wildman–Crippen MR) is 69.9 cm³/mol. The van der Waals surface area contributed by atoms with Crippen LogP contribution < -0.4 is 10.5 Å². The fourth-order valence-corrected chi connectivity index (χ4v) is 2.25. The monoisotopic (exact) mass is 264 g/mol. The van der Waals surface area contributed by atoms with Gasteiger partial charge in [0.2, 0.25) is 0 Å². The van der Waals surface area contributed by atoms with Crippen LogP contribution in [0.2, 0.25) is 0 Å². The van der Waals surface area contributed by atoms with Gasteiger partial charge >= 0.3 is 5.97 Å². The lowest BCUT2D eigenvalue weighted by Gasteiger charge is -2.03. The van der Waals surface area contributed by atoms with E-state index in [-0.39, 0.29) is 0 Å². The maximum Gasteiger partial charge on any atom is 0.351 e. The van der Waals surface area contributed by atoms with Crippen LogP contribution in [-0.4, -0.2) is 24.6 Å². The Hall–Kier alpha value is -2.08. The van der Waals surface area contributed by atoms with Gasteiger partial charge in [-0.05, 0) is 23.7 Å². The molecule has 0 radical (unpaired) electrons. The zero-order valence-electron chi connectivity index (χ0n) is 9.97. The van der Waals surface area contributed by atoms with E-state index in [1.807, 2.05) is 24.3 Å². The Bertz CT molecular complexity index is 580. The van der Waals surface area contributed by atoms with Crippen molar-refractivity contribution in [3.05, 3.63) is 29.1 Å². The van der Waals surface area contributed by atoms with Crippen LogP contribution in [0.25, 0.3) is 11.3 Å². The molecule has 0 fully saturated rings. The molecule has 0 saturated carbocycles. The van der Waals surface area contributed by atoms with Crippen molar-refractivity contribution >= 4 is 23.2 Å². The molecule has 0 aliphatic carbocycles. The van der Waals surface area contributed by atoms with Crippen molar-refractivity contribution < 1.29 is 14.3 Å². The molecule has 0 atom stereocenters. The molecule has 6 heteroatoms. The number of carbonyl (C=O) groups is 1. The van der Waals surface area contributed by atoms with E-state index >= 15 is 0 Å². The third-order valence-corrected chi connectivity index (χ3v) is 3.28. The van der Waals surface area contributed by atoms with E-state index in [1.54, 1.807) is 7.11 Å². The first-order chi connectivity index (χ1) is 8.67. The van der Waals surface area contributed by atoms with Crippen molar-refractivity contribution in [1.82, 2.24) is 4.37 Å². The van der Waals surface area contributed by atoms with Crippen molar-refractivity contribution in [2.45, 2.75) is 0 Å². The molecule has 0 aliphatic rings. The average molecular weight is 264 g/mol. The molecule has 1 heterocycles. The summed E-state index contributed by atoms with van der Waals surface area (Å²) in [7, 11) is 2.90. The summed E-state index contributed by atoms with van der Waals surface area (Å²) in [5, 5.41) is 0. The standard InChI is InChI=1S/C12H12N2O3S/c1-16-8-5-3-4-7(6-8)10-9(13)11(18-14-10)12(15)17-2/h3-6H,13H2,1-2H3. The van der Waals surface area contributed by atoms with Crippen LogP contribution in [-0.2, 0) is 4.74 Å². The molecule has 0 aliphatic heterocycles. The topological polar surface area (TPSA) is 74.4 Å². The number of aromatic nitrogens is 1. The molecule has 18 heavy (non-hydrogen) atoms. The van der Waals surface area contributed by atoms with Gasteiger partial charge in [0.1, 0.15) is 11.4 Å². The summed E-state index contributed by atoms with van der Waals surface area (Å²) in [5.74, 6) is 0.235. The van der Waals surface area contributed by atoms with Crippen LogP contribution in [0.1, 0.15) is 9.67 Å². The highest BCUT2D eigenvalue weighted by Gasteiger charge is 2.19. The molecule has 1 aromatic carbocycles. The Morgan fingerprint density at radius 1 is 1.39 bits per heavy atom. The summed E-state index contributed by atoms with van der Waals surface area (Å²) in [6.07, 6.45) is 0. The van der Waals surface area contributed by atoms with Crippen LogP contribution >= 0.6 is 11.5 Å². The van der Waals surface area contributed by atoms with Gasteiger partial charge in [0.15, 0.2) is 4.88 Å². The van der Waals surface area contributed by atoms with Gasteiger partial charge in [0, 0.05) is 5.56 Å². The number of carbonyl (C=O) groups excluding carboxylic acids is 1. The van der Waals surface area contributed by atoms with Crippen LogP contribution in [0.3, 0.4) is 0 Å². The molecule has 5 nitrogen and oxygen atoms in total. The highest BCUT2D eigenvalue weighted by Crippen LogP contribution is 2.32. The van der Waals surface area contributed by atoms with Gasteiger partial charge in [-0.1, -0.05) is 12.1 Å². The SMILES string of the molecule is COC(=O)c1snc(-c2cccc(OC)c2)c1N. The van der Waals surface area contributed by atoms with Crippen LogP contribution in [0.5, 0.6) is 5.75 Å². The Morgan fingerprint density at radius 3 is 2.83 bits per heavy atom. The van der Waals surface area contributed by atoms with E-state index in [2.05, 4.69) is 9.11 Å². The molecule has 2 aromatic rings. The fraction of sp³-hybridized carbons (Fsp3) is 0.167. The smallest absolute Gasteiger partial charge is 0.351 e. The van der Waals surface area contributed by atoms with Crippen molar-refractivity contribution in [3.8, 4) is 17.0 Å². The number of rotatable bonds is 3. The molecule has 2 rings (SSSR count). The minimum absolute atomic E-state index is 0.315. The van der Waals surface area contributed by atoms with Gasteiger partial charge in [0.05, 0.1) is 19.9 Å². The number of nitrogens with two attached hydrogens (primary N) is 1. The third kappa shape index (κ3) is 2.14. The second-order valence-corrected chi connectivity index (χ2v) is 4.27. The van der Waals surface area contributed by atoms with Crippen molar-refractivity contribution in [3.63, 3.8) is 0 Å². The number of hydrogen-bond donors (Lipinski definition) is 1. The van der Waals surface area contributed by atoms with Crippen LogP contribution in [0.15, 0.2) is 24.3 Å². The maximum atomic E-state index is 11.4. The molecule has 0 unspecified atom stereocenters. The summed E-state index contributed by atoms with van der Waals surface area (Å²) in [6, 6.07) is 7.33. The lowest BCUT2D eigenvalue weighted by Crippen LogP contribution is -2.02. The van der Waals surface area contributed by atoms with Gasteiger partial charge in [0.25, 0.3) is 0 Å². The molecule has 1 aromatic heterocycles. The predicted octanol–water partition coefficient (Wildman–Crippen LogP) is 2.19. The summed E-state index contributed by atoms with van der Waals surface area (Å²) in [5.41, 5.74) is 7.62. The van der Waals surface area contributed by atoms with E-state index in [1.165, 1.54) is 7.11 Å². The Morgan fingerprint density at radius 2 is 2.17 bits per heavy atom. The second kappa shape index (κ2) is 5.05. The first-order valence-electron chi connectivity index (χ1n) is 5.15. The highest BCUT2D eigenvalue weighted by atomic mass is 32.1. The molecule has 2 N–H and O–H groups in total. The molecule has 0 spiro atoms. The minimum Gasteiger partial charge on any atom is -0.497 e. The highest BCUT2D eigenvalue weighted by molar-refractivity contribution is 7.09. The largest absolute Gasteiger partial charge is 0.497 e. The van der Waals surface area contributed by atoms with E-state index in [0.717, 1.165) is 17.1 Å². The molecule has 94 valence electrons. The lowest BCUT2D eigenvalue weighted by atomic mass is 10.1. The van der Waals surface area contributed by atoms with E-state index < -0.39 is 5.97 Å². The molecule has 0 saturated heterocycles. The molecule has 0 amide bonds. The zero-order chi connectivity index (χ0) is 13.1. The Balaban J connectivity index is 2.45. The number of anilines is 1. The number of hydrogen-bond acceptors (Lipinski definition) is 6. The molecular formula is C12H12N2O3S. The van der Waals surface area contributed by atoms with Gasteiger partial charge in [-0.15, -0.1) is 0 Å². The first-order valence-corrected chi connectivity index (χ1v) is 5.92. The molecular weight excluding hydrogens is 252 g/mol. The average Bonchev–Trinajstić information content (AvgIpc) is 2.80. The summed E-state index contributed by atoms with van der Waals surface area (Å²) in [4.78, 5) is 11.8. The summed E-state index contributed by atoms with van der Waals surface area (Å²) >= 11 is 1.03. The number of nitrogens with zero attached hydrogens (tertiary/aromatic N) is 1. The first kappa shape index (κ1) is 12.4. The maximum absolute atomic E-state index is 11.4. The normalized spacial score (nSPS) is 10.1. The van der Waals surface area contributed by atoms with Crippen LogP contribution in [0, 0.1) is 0 Å². The second-order valence-electron chi connectivity index (χ2n) is 3.50. The summed E-state index contributed by atoms with van der Waals surface area (Å²) in [6.45, 7) is 0. The van der Waals surface area contributed by atoms with E-state index in [0.29, 0.717) is 22.0 Å². The lowest BCUT2D eigenvalue weighted by molar-refractivity contribution is 0.0607.